The molecule has 1 atom stereocenters. The number of likely N-dealkylation sites (N-methyl/N-ethyl adjacent to an activating group) is 1. The fourth-order valence-corrected chi connectivity index (χ4v) is 2.32. The maximum absolute atomic E-state index is 12.0. The second-order valence-electron chi connectivity index (χ2n) is 5.31. The molecule has 0 saturated heterocycles. The Bertz CT molecular complexity index is 432. The van der Waals surface area contributed by atoms with Gasteiger partial charge in [-0.1, -0.05) is 19.1 Å². The molecule has 1 aromatic carbocycles. The highest BCUT2D eigenvalue weighted by atomic mass is 16.5. The lowest BCUT2D eigenvalue weighted by Crippen LogP contribution is -2.43. The van der Waals surface area contributed by atoms with Gasteiger partial charge in [-0.05, 0) is 38.1 Å². The van der Waals surface area contributed by atoms with Gasteiger partial charge in [0, 0.05) is 18.6 Å². The van der Waals surface area contributed by atoms with Crippen LogP contribution in [0.25, 0.3) is 0 Å². The molecule has 21 heavy (non-hydrogen) atoms. The highest BCUT2D eigenvalue weighted by molar-refractivity contribution is 5.78. The smallest absolute Gasteiger partial charge is 0.234 e. The Kier molecular flexibility index (Phi) is 7.19. The first-order valence-electron chi connectivity index (χ1n) is 7.39. The van der Waals surface area contributed by atoms with E-state index in [1.54, 1.807) is 7.11 Å². The highest BCUT2D eigenvalue weighted by Crippen LogP contribution is 2.22. The minimum Gasteiger partial charge on any atom is -0.497 e. The van der Waals surface area contributed by atoms with E-state index in [2.05, 4.69) is 10.2 Å². The molecule has 1 amide bonds. The molecule has 0 saturated carbocycles. The summed E-state index contributed by atoms with van der Waals surface area (Å²) in [5, 5.41) is 2.91. The van der Waals surface area contributed by atoms with E-state index < -0.39 is 0 Å². The molecule has 0 aliphatic rings. The first kappa shape index (κ1) is 17.5. The molecule has 5 heteroatoms. The molecule has 0 bridgehead atoms. The number of carbonyl (C=O) groups excluding carboxylic acids is 1. The number of nitrogens with one attached hydrogen (secondary N) is 1. The van der Waals surface area contributed by atoms with E-state index in [0.29, 0.717) is 13.1 Å². The van der Waals surface area contributed by atoms with E-state index in [-0.39, 0.29) is 18.0 Å². The van der Waals surface area contributed by atoms with Gasteiger partial charge in [-0.15, -0.1) is 0 Å². The SMILES string of the molecule is CCN(CC(=O)NC(C)C)C(CN)c1ccc(OC)cc1. The van der Waals surface area contributed by atoms with Crippen molar-refractivity contribution < 1.29 is 9.53 Å². The Morgan fingerprint density at radius 1 is 1.33 bits per heavy atom. The van der Waals surface area contributed by atoms with Crippen LogP contribution in [0.5, 0.6) is 5.75 Å². The summed E-state index contributed by atoms with van der Waals surface area (Å²) >= 11 is 0. The van der Waals surface area contributed by atoms with E-state index in [1.807, 2.05) is 45.0 Å². The van der Waals surface area contributed by atoms with E-state index >= 15 is 0 Å². The van der Waals surface area contributed by atoms with Crippen LogP contribution < -0.4 is 15.8 Å². The Labute approximate surface area is 127 Å². The van der Waals surface area contributed by atoms with Crippen molar-refractivity contribution in [2.24, 2.45) is 5.73 Å². The van der Waals surface area contributed by atoms with Crippen LogP contribution in [0, 0.1) is 0 Å². The fraction of sp³-hybridized carbons (Fsp3) is 0.562. The Morgan fingerprint density at radius 2 is 1.95 bits per heavy atom. The summed E-state index contributed by atoms with van der Waals surface area (Å²) in [6.45, 7) is 7.53. The lowest BCUT2D eigenvalue weighted by molar-refractivity contribution is -0.123. The predicted octanol–water partition coefficient (Wildman–Crippen LogP) is 1.54. The number of ether oxygens (including phenoxy) is 1. The zero-order valence-electron chi connectivity index (χ0n) is 13.4. The summed E-state index contributed by atoms with van der Waals surface area (Å²) in [5.74, 6) is 0.842. The van der Waals surface area contributed by atoms with Crippen LogP contribution in [0.4, 0.5) is 0 Å². The number of hydrogen-bond donors (Lipinski definition) is 2. The van der Waals surface area contributed by atoms with Crippen molar-refractivity contribution in [3.8, 4) is 5.75 Å². The Morgan fingerprint density at radius 3 is 2.38 bits per heavy atom. The van der Waals surface area contributed by atoms with Crippen molar-refractivity contribution in [2.75, 3.05) is 26.7 Å². The molecule has 0 heterocycles. The molecule has 0 fully saturated rings. The van der Waals surface area contributed by atoms with Crippen LogP contribution in [0.3, 0.4) is 0 Å². The zero-order chi connectivity index (χ0) is 15.8. The summed E-state index contributed by atoms with van der Waals surface area (Å²) in [4.78, 5) is 14.0. The maximum atomic E-state index is 12.0. The average molecular weight is 293 g/mol. The first-order chi connectivity index (χ1) is 10.0. The summed E-state index contributed by atoms with van der Waals surface area (Å²) in [7, 11) is 1.64. The Hall–Kier alpha value is -1.59. The van der Waals surface area contributed by atoms with Gasteiger partial charge in [-0.3, -0.25) is 9.69 Å². The van der Waals surface area contributed by atoms with Gasteiger partial charge in [0.2, 0.25) is 5.91 Å². The summed E-state index contributed by atoms with van der Waals surface area (Å²) in [6, 6.07) is 8.01. The summed E-state index contributed by atoms with van der Waals surface area (Å²) in [6.07, 6.45) is 0. The largest absolute Gasteiger partial charge is 0.497 e. The third-order valence-electron chi connectivity index (χ3n) is 3.37. The van der Waals surface area contributed by atoms with E-state index in [9.17, 15) is 4.79 Å². The Balaban J connectivity index is 2.80. The number of nitrogens with zero attached hydrogens (tertiary/aromatic N) is 1. The molecule has 0 spiro atoms. The quantitative estimate of drug-likeness (QED) is 0.763. The topological polar surface area (TPSA) is 67.6 Å². The lowest BCUT2D eigenvalue weighted by Gasteiger charge is -2.30. The molecule has 0 radical (unpaired) electrons. The number of hydrogen-bond acceptors (Lipinski definition) is 4. The van der Waals surface area contributed by atoms with Crippen LogP contribution in [0.1, 0.15) is 32.4 Å². The van der Waals surface area contributed by atoms with Crippen LogP contribution in [-0.2, 0) is 4.79 Å². The van der Waals surface area contributed by atoms with Crippen molar-refractivity contribution >= 4 is 5.91 Å². The van der Waals surface area contributed by atoms with Crippen LogP contribution >= 0.6 is 0 Å². The van der Waals surface area contributed by atoms with E-state index in [4.69, 9.17) is 10.5 Å². The molecule has 0 aliphatic carbocycles. The number of methoxy groups -OCH3 is 1. The highest BCUT2D eigenvalue weighted by Gasteiger charge is 2.20. The molecule has 118 valence electrons. The van der Waals surface area contributed by atoms with Gasteiger partial charge < -0.3 is 15.8 Å². The first-order valence-corrected chi connectivity index (χ1v) is 7.39. The number of rotatable bonds is 8. The monoisotopic (exact) mass is 293 g/mol. The second kappa shape index (κ2) is 8.64. The number of nitrogens with two attached hydrogens (primary N) is 1. The third-order valence-corrected chi connectivity index (χ3v) is 3.37. The van der Waals surface area contributed by atoms with Crippen LogP contribution in [0.15, 0.2) is 24.3 Å². The summed E-state index contributed by atoms with van der Waals surface area (Å²) in [5.41, 5.74) is 7.02. The van der Waals surface area contributed by atoms with Gasteiger partial charge in [-0.2, -0.15) is 0 Å². The van der Waals surface area contributed by atoms with Gasteiger partial charge in [0.25, 0.3) is 0 Å². The second-order valence-corrected chi connectivity index (χ2v) is 5.31. The van der Waals surface area contributed by atoms with Gasteiger partial charge in [0.1, 0.15) is 5.75 Å². The van der Waals surface area contributed by atoms with Crippen LogP contribution in [0.2, 0.25) is 0 Å². The van der Waals surface area contributed by atoms with Gasteiger partial charge in [-0.25, -0.2) is 0 Å². The number of carbonyl (C=O) groups is 1. The third kappa shape index (κ3) is 5.36. The standard InChI is InChI=1S/C16H27N3O2/c1-5-19(11-16(20)18-12(2)3)15(10-17)13-6-8-14(21-4)9-7-13/h6-9,12,15H,5,10-11,17H2,1-4H3,(H,18,20). The summed E-state index contributed by atoms with van der Waals surface area (Å²) < 4.78 is 5.17. The zero-order valence-corrected chi connectivity index (χ0v) is 13.4. The molecule has 1 unspecified atom stereocenters. The molecule has 1 rings (SSSR count). The minimum atomic E-state index is 0.0267. The van der Waals surface area contributed by atoms with Crippen molar-refractivity contribution in [3.05, 3.63) is 29.8 Å². The van der Waals surface area contributed by atoms with Crippen molar-refractivity contribution in [1.29, 1.82) is 0 Å². The predicted molar refractivity (Wildman–Crippen MR) is 85.3 cm³/mol. The molecule has 0 aromatic heterocycles. The molecule has 3 N–H and O–H groups in total. The minimum absolute atomic E-state index is 0.0267. The van der Waals surface area contributed by atoms with Gasteiger partial charge in [0.15, 0.2) is 0 Å². The van der Waals surface area contributed by atoms with Crippen molar-refractivity contribution in [2.45, 2.75) is 32.9 Å². The fourth-order valence-electron chi connectivity index (χ4n) is 2.32. The molecule has 5 nitrogen and oxygen atoms in total. The van der Waals surface area contributed by atoms with Gasteiger partial charge in [0.05, 0.1) is 13.7 Å². The molecule has 1 aromatic rings. The van der Waals surface area contributed by atoms with Crippen LogP contribution in [-0.4, -0.2) is 43.6 Å². The average Bonchev–Trinajstić information content (AvgIpc) is 2.46. The van der Waals surface area contributed by atoms with Gasteiger partial charge >= 0.3 is 0 Å². The van der Waals surface area contributed by atoms with E-state index in [1.165, 1.54) is 0 Å². The van der Waals surface area contributed by atoms with E-state index in [0.717, 1.165) is 17.9 Å². The number of amides is 1. The van der Waals surface area contributed by atoms with Crippen molar-refractivity contribution in [1.82, 2.24) is 10.2 Å². The van der Waals surface area contributed by atoms with Crippen molar-refractivity contribution in [3.63, 3.8) is 0 Å². The number of benzene rings is 1. The normalized spacial score (nSPS) is 12.5. The maximum Gasteiger partial charge on any atom is 0.234 e. The molecular formula is C16H27N3O2. The molecular weight excluding hydrogens is 266 g/mol. The molecule has 0 aliphatic heterocycles. The lowest BCUT2D eigenvalue weighted by atomic mass is 10.0.